The smallest absolute Gasteiger partial charge is 0.0738 e. The molecule has 0 amide bonds. The van der Waals surface area contributed by atoms with Crippen LogP contribution in [0.3, 0.4) is 0 Å². The highest BCUT2D eigenvalue weighted by atomic mass is 79.9. The summed E-state index contributed by atoms with van der Waals surface area (Å²) in [5.74, 6) is 0. The Morgan fingerprint density at radius 3 is 2.06 bits per heavy atom. The molecule has 0 aliphatic heterocycles. The molecule has 1 aromatic rings. The van der Waals surface area contributed by atoms with Gasteiger partial charge in [0.25, 0.3) is 0 Å². The molecule has 104 valence electrons. The molecule has 0 saturated heterocycles. The van der Waals surface area contributed by atoms with Gasteiger partial charge in [-0.15, -0.1) is 0 Å². The minimum atomic E-state index is 0.339. The van der Waals surface area contributed by atoms with Crippen molar-refractivity contribution >= 4 is 31.9 Å². The van der Waals surface area contributed by atoms with E-state index in [4.69, 9.17) is 0 Å². The van der Waals surface area contributed by atoms with E-state index < -0.39 is 0 Å². The molecule has 0 fully saturated rings. The Morgan fingerprint density at radius 2 is 1.72 bits per heavy atom. The van der Waals surface area contributed by atoms with E-state index in [0.29, 0.717) is 5.41 Å². The van der Waals surface area contributed by atoms with E-state index >= 15 is 0 Å². The van der Waals surface area contributed by atoms with Crippen molar-refractivity contribution in [2.24, 2.45) is 5.41 Å². The molecule has 0 unspecified atom stereocenters. The maximum atomic E-state index is 4.66. The lowest BCUT2D eigenvalue weighted by atomic mass is 9.81. The lowest BCUT2D eigenvalue weighted by molar-refractivity contribution is 0.221. The molecular formula is C14H24Br2N2. The Hall–Kier alpha value is 0.170. The second kappa shape index (κ2) is 7.09. The van der Waals surface area contributed by atoms with Crippen molar-refractivity contribution < 1.29 is 0 Å². The Bertz CT molecular complexity index is 379. The predicted molar refractivity (Wildman–Crippen MR) is 85.4 cm³/mol. The molecule has 2 nitrogen and oxygen atoms in total. The molecule has 4 heteroatoms. The summed E-state index contributed by atoms with van der Waals surface area (Å²) in [5.41, 5.74) is 2.67. The maximum Gasteiger partial charge on any atom is 0.0738 e. The van der Waals surface area contributed by atoms with E-state index in [9.17, 15) is 0 Å². The number of alkyl halides is 1. The highest BCUT2D eigenvalue weighted by Gasteiger charge is 2.29. The van der Waals surface area contributed by atoms with Gasteiger partial charge in [0.05, 0.1) is 10.2 Å². The highest BCUT2D eigenvalue weighted by molar-refractivity contribution is 9.10. The summed E-state index contributed by atoms with van der Waals surface area (Å²) in [4.78, 5) is 0. The number of halogens is 2. The molecule has 0 N–H and O–H groups in total. The van der Waals surface area contributed by atoms with E-state index in [1.807, 2.05) is 0 Å². The van der Waals surface area contributed by atoms with Crippen molar-refractivity contribution in [1.29, 1.82) is 0 Å². The van der Waals surface area contributed by atoms with Crippen molar-refractivity contribution in [3.05, 3.63) is 15.9 Å². The molecule has 0 aromatic carbocycles. The van der Waals surface area contributed by atoms with Gasteiger partial charge in [-0.2, -0.15) is 5.10 Å². The fourth-order valence-corrected chi connectivity index (χ4v) is 3.69. The van der Waals surface area contributed by atoms with Crippen LogP contribution in [-0.4, -0.2) is 15.1 Å². The van der Waals surface area contributed by atoms with Gasteiger partial charge in [0, 0.05) is 17.6 Å². The summed E-state index contributed by atoms with van der Waals surface area (Å²) >= 11 is 7.34. The average molecular weight is 380 g/mol. The van der Waals surface area contributed by atoms with Gasteiger partial charge in [-0.25, -0.2) is 0 Å². The van der Waals surface area contributed by atoms with Crippen LogP contribution in [0.25, 0.3) is 0 Å². The first-order valence-corrected chi connectivity index (χ1v) is 8.66. The number of hydrogen-bond donors (Lipinski definition) is 0. The minimum Gasteiger partial charge on any atom is -0.268 e. The summed E-state index contributed by atoms with van der Waals surface area (Å²) in [7, 11) is 0. The number of hydrogen-bond acceptors (Lipinski definition) is 1. The van der Waals surface area contributed by atoms with Crippen LogP contribution in [0, 0.1) is 19.3 Å². The molecule has 18 heavy (non-hydrogen) atoms. The van der Waals surface area contributed by atoms with Gasteiger partial charge in [0.15, 0.2) is 0 Å². The average Bonchev–Trinajstić information content (AvgIpc) is 2.57. The van der Waals surface area contributed by atoms with E-state index in [0.717, 1.165) is 22.0 Å². The number of nitrogens with zero attached hydrogens (tertiary/aromatic N) is 2. The molecule has 0 spiro atoms. The van der Waals surface area contributed by atoms with Crippen LogP contribution in [-0.2, 0) is 6.54 Å². The third kappa shape index (κ3) is 3.60. The predicted octanol–water partition coefficient (Wildman–Crippen LogP) is 5.24. The van der Waals surface area contributed by atoms with Crippen LogP contribution in [0.2, 0.25) is 0 Å². The first kappa shape index (κ1) is 16.2. The van der Waals surface area contributed by atoms with Crippen LogP contribution in [0.1, 0.15) is 50.9 Å². The summed E-state index contributed by atoms with van der Waals surface area (Å²) in [5, 5.41) is 5.71. The molecule has 1 rings (SSSR count). The number of aromatic nitrogens is 2. The van der Waals surface area contributed by atoms with E-state index in [2.05, 4.69) is 69.3 Å². The molecule has 0 aliphatic rings. The van der Waals surface area contributed by atoms with Crippen LogP contribution in [0.15, 0.2) is 4.47 Å². The van der Waals surface area contributed by atoms with Crippen molar-refractivity contribution in [3.63, 3.8) is 0 Å². The fraction of sp³-hybridized carbons (Fsp3) is 0.786. The Morgan fingerprint density at radius 1 is 1.17 bits per heavy atom. The molecule has 0 radical (unpaired) electrons. The first-order chi connectivity index (χ1) is 8.49. The third-order valence-electron chi connectivity index (χ3n) is 3.62. The van der Waals surface area contributed by atoms with Gasteiger partial charge in [-0.1, -0.05) is 42.6 Å². The summed E-state index contributed by atoms with van der Waals surface area (Å²) < 4.78 is 3.32. The lowest BCUT2D eigenvalue weighted by Crippen LogP contribution is -2.29. The van der Waals surface area contributed by atoms with Crippen molar-refractivity contribution in [2.75, 3.05) is 5.33 Å². The second-order valence-electron chi connectivity index (χ2n) is 5.28. The van der Waals surface area contributed by atoms with Gasteiger partial charge in [-0.3, -0.25) is 4.68 Å². The molecular weight excluding hydrogens is 356 g/mol. The van der Waals surface area contributed by atoms with Gasteiger partial charge < -0.3 is 0 Å². The highest BCUT2D eigenvalue weighted by Crippen LogP contribution is 2.35. The zero-order valence-electron chi connectivity index (χ0n) is 11.9. The Balaban J connectivity index is 2.98. The summed E-state index contributed by atoms with van der Waals surface area (Å²) in [6.45, 7) is 9.75. The molecule has 1 aromatic heterocycles. The standard InChI is InChI=1S/C14H24Br2N2/c1-5-7-14(9-15,8-6-2)10-18-12(4)13(16)11(3)17-18/h5-10H2,1-4H3. The fourth-order valence-electron chi connectivity index (χ4n) is 2.67. The third-order valence-corrected chi connectivity index (χ3v) is 5.96. The van der Waals surface area contributed by atoms with Crippen molar-refractivity contribution in [1.82, 2.24) is 9.78 Å². The number of rotatable bonds is 7. The van der Waals surface area contributed by atoms with Gasteiger partial charge >= 0.3 is 0 Å². The minimum absolute atomic E-state index is 0.339. The van der Waals surface area contributed by atoms with Crippen LogP contribution in [0.5, 0.6) is 0 Å². The van der Waals surface area contributed by atoms with Gasteiger partial charge in [-0.05, 0) is 48.0 Å². The van der Waals surface area contributed by atoms with E-state index in [1.54, 1.807) is 0 Å². The van der Waals surface area contributed by atoms with Crippen molar-refractivity contribution in [2.45, 2.75) is 59.9 Å². The van der Waals surface area contributed by atoms with Crippen LogP contribution >= 0.6 is 31.9 Å². The topological polar surface area (TPSA) is 17.8 Å². The maximum absolute atomic E-state index is 4.66. The lowest BCUT2D eigenvalue weighted by Gasteiger charge is -2.32. The molecule has 0 aliphatic carbocycles. The quantitative estimate of drug-likeness (QED) is 0.592. The Kier molecular flexibility index (Phi) is 6.39. The van der Waals surface area contributed by atoms with Crippen LogP contribution in [0.4, 0.5) is 0 Å². The Labute approximate surface area is 128 Å². The van der Waals surface area contributed by atoms with Crippen molar-refractivity contribution in [3.8, 4) is 0 Å². The van der Waals surface area contributed by atoms with E-state index in [1.165, 1.54) is 31.4 Å². The number of aryl methyl sites for hydroxylation is 1. The monoisotopic (exact) mass is 378 g/mol. The van der Waals surface area contributed by atoms with Gasteiger partial charge in [0.1, 0.15) is 0 Å². The second-order valence-corrected chi connectivity index (χ2v) is 6.63. The largest absolute Gasteiger partial charge is 0.268 e. The molecule has 0 saturated carbocycles. The SMILES string of the molecule is CCCC(CBr)(CCC)Cn1nc(C)c(Br)c1C. The van der Waals surface area contributed by atoms with Crippen LogP contribution < -0.4 is 0 Å². The van der Waals surface area contributed by atoms with E-state index in [-0.39, 0.29) is 0 Å². The van der Waals surface area contributed by atoms with Gasteiger partial charge in [0.2, 0.25) is 0 Å². The molecule has 0 bridgehead atoms. The first-order valence-electron chi connectivity index (χ1n) is 6.75. The zero-order valence-corrected chi connectivity index (χ0v) is 15.1. The normalized spacial score (nSPS) is 12.1. The summed E-state index contributed by atoms with van der Waals surface area (Å²) in [6, 6.07) is 0. The molecule has 0 atom stereocenters. The molecule has 1 heterocycles. The summed E-state index contributed by atoms with van der Waals surface area (Å²) in [6.07, 6.45) is 4.96. The zero-order chi connectivity index (χ0) is 13.8.